The van der Waals surface area contributed by atoms with Gasteiger partial charge in [-0.25, -0.2) is 19.3 Å². The Morgan fingerprint density at radius 3 is 2.69 bits per heavy atom. The van der Waals surface area contributed by atoms with Gasteiger partial charge in [0, 0.05) is 56.1 Å². The van der Waals surface area contributed by atoms with Gasteiger partial charge in [-0.3, -0.25) is 9.69 Å². The maximum atomic E-state index is 13.6. The van der Waals surface area contributed by atoms with Gasteiger partial charge < -0.3 is 15.0 Å². The average molecular weight is 475 g/mol. The molecule has 5 rings (SSSR count). The number of hydrogen-bond acceptors (Lipinski definition) is 6. The number of halogens is 1. The Labute approximate surface area is 202 Å². The fraction of sp³-hybridized carbons (Fsp3) is 0.308. The molecule has 0 aliphatic carbocycles. The zero-order valence-corrected chi connectivity index (χ0v) is 19.3. The second-order valence-corrected chi connectivity index (χ2v) is 8.51. The van der Waals surface area contributed by atoms with Gasteiger partial charge in [0.05, 0.1) is 35.6 Å². The van der Waals surface area contributed by atoms with Gasteiger partial charge >= 0.3 is 0 Å². The normalized spacial score (nSPS) is 14.3. The average Bonchev–Trinajstić information content (AvgIpc) is 3.41. The predicted octanol–water partition coefficient (Wildman–Crippen LogP) is 3.35. The second kappa shape index (κ2) is 10.7. The van der Waals surface area contributed by atoms with E-state index < -0.39 is 0 Å². The molecule has 0 bridgehead atoms. The molecule has 1 aliphatic rings. The monoisotopic (exact) mass is 474 g/mol. The van der Waals surface area contributed by atoms with Crippen molar-refractivity contribution in [3.63, 3.8) is 0 Å². The van der Waals surface area contributed by atoms with Crippen molar-refractivity contribution < 1.29 is 13.9 Å². The number of aryl methyl sites for hydroxylation is 1. The van der Waals surface area contributed by atoms with E-state index in [1.807, 2.05) is 6.07 Å². The van der Waals surface area contributed by atoms with Crippen molar-refractivity contribution in [1.82, 2.24) is 30.2 Å². The van der Waals surface area contributed by atoms with Crippen molar-refractivity contribution in [2.45, 2.75) is 19.4 Å². The first-order valence-corrected chi connectivity index (χ1v) is 11.8. The molecule has 1 amide bonds. The molecular formula is C26H27FN6O2. The van der Waals surface area contributed by atoms with Crippen molar-refractivity contribution in [3.8, 4) is 11.3 Å². The summed E-state index contributed by atoms with van der Waals surface area (Å²) in [5.74, 6) is 0.443. The molecule has 3 heterocycles. The van der Waals surface area contributed by atoms with E-state index in [1.54, 1.807) is 36.7 Å². The van der Waals surface area contributed by atoms with Gasteiger partial charge in [0.1, 0.15) is 11.6 Å². The van der Waals surface area contributed by atoms with E-state index in [0.717, 1.165) is 43.0 Å². The number of amides is 1. The standard InChI is InChI=1S/C26H27FN6O2/c27-20-6-3-18(4-7-20)25-23(17-33-12-14-35-15-13-33)31-21-8-5-19(16-22(21)32-25)26(34)30-9-1-2-24-28-10-11-29-24/h3-8,10-11,16H,1-2,9,12-15,17H2,(H,28,29)(H,30,34). The van der Waals surface area contributed by atoms with Crippen LogP contribution in [0.1, 0.15) is 28.3 Å². The van der Waals surface area contributed by atoms with E-state index >= 15 is 0 Å². The van der Waals surface area contributed by atoms with Crippen LogP contribution in [0.25, 0.3) is 22.3 Å². The molecule has 2 N–H and O–H groups in total. The number of rotatable bonds is 8. The molecule has 9 heteroatoms. The largest absolute Gasteiger partial charge is 0.379 e. The minimum atomic E-state index is -0.303. The summed E-state index contributed by atoms with van der Waals surface area (Å²) in [4.78, 5) is 32.0. The fourth-order valence-electron chi connectivity index (χ4n) is 4.15. The number of nitrogens with one attached hydrogen (secondary N) is 2. The van der Waals surface area contributed by atoms with Crippen LogP contribution in [0.5, 0.6) is 0 Å². The van der Waals surface area contributed by atoms with Gasteiger partial charge in [0.25, 0.3) is 5.91 Å². The Kier molecular flexibility index (Phi) is 7.06. The minimum absolute atomic E-state index is 0.158. The lowest BCUT2D eigenvalue weighted by molar-refractivity contribution is 0.0337. The third-order valence-corrected chi connectivity index (χ3v) is 6.02. The van der Waals surface area contributed by atoms with Crippen LogP contribution in [-0.2, 0) is 17.7 Å². The molecule has 35 heavy (non-hydrogen) atoms. The number of fused-ring (bicyclic) bond motifs is 1. The number of H-pyrrole nitrogens is 1. The number of imidazole rings is 1. The van der Waals surface area contributed by atoms with E-state index in [0.29, 0.717) is 48.6 Å². The molecular weight excluding hydrogens is 447 g/mol. The van der Waals surface area contributed by atoms with Gasteiger partial charge in [-0.15, -0.1) is 0 Å². The summed E-state index contributed by atoms with van der Waals surface area (Å²) in [7, 11) is 0. The topological polar surface area (TPSA) is 96.0 Å². The second-order valence-electron chi connectivity index (χ2n) is 8.51. The van der Waals surface area contributed by atoms with Gasteiger partial charge in [-0.05, 0) is 48.9 Å². The first kappa shape index (κ1) is 23.1. The van der Waals surface area contributed by atoms with E-state index in [2.05, 4.69) is 20.2 Å². The summed E-state index contributed by atoms with van der Waals surface area (Å²) in [5, 5.41) is 2.96. The van der Waals surface area contributed by atoms with Gasteiger partial charge in [0.2, 0.25) is 0 Å². The molecule has 180 valence electrons. The lowest BCUT2D eigenvalue weighted by Crippen LogP contribution is -2.36. The molecule has 0 saturated carbocycles. The van der Waals surface area contributed by atoms with Crippen molar-refractivity contribution in [1.29, 1.82) is 0 Å². The van der Waals surface area contributed by atoms with Crippen molar-refractivity contribution in [2.75, 3.05) is 32.8 Å². The number of hydrogen-bond donors (Lipinski definition) is 2. The molecule has 1 fully saturated rings. The first-order valence-electron chi connectivity index (χ1n) is 11.8. The van der Waals surface area contributed by atoms with E-state index in [4.69, 9.17) is 14.7 Å². The molecule has 2 aromatic carbocycles. The highest BCUT2D eigenvalue weighted by Crippen LogP contribution is 2.26. The molecule has 2 aromatic heterocycles. The molecule has 0 radical (unpaired) electrons. The molecule has 4 aromatic rings. The van der Waals surface area contributed by atoms with Crippen LogP contribution in [0.15, 0.2) is 54.9 Å². The fourth-order valence-corrected chi connectivity index (χ4v) is 4.15. The number of carbonyl (C=O) groups excluding carboxylic acids is 1. The number of ether oxygens (including phenoxy) is 1. The summed E-state index contributed by atoms with van der Waals surface area (Å²) in [6, 6.07) is 11.6. The highest BCUT2D eigenvalue weighted by atomic mass is 19.1. The molecule has 0 spiro atoms. The van der Waals surface area contributed by atoms with Crippen LogP contribution in [0.2, 0.25) is 0 Å². The zero-order chi connectivity index (χ0) is 24.0. The third-order valence-electron chi connectivity index (χ3n) is 6.02. The Morgan fingerprint density at radius 2 is 1.91 bits per heavy atom. The van der Waals surface area contributed by atoms with Crippen LogP contribution in [-0.4, -0.2) is 63.6 Å². The molecule has 0 unspecified atom stereocenters. The highest BCUT2D eigenvalue weighted by Gasteiger charge is 2.18. The predicted molar refractivity (Wildman–Crippen MR) is 130 cm³/mol. The lowest BCUT2D eigenvalue weighted by atomic mass is 10.1. The zero-order valence-electron chi connectivity index (χ0n) is 19.3. The van der Waals surface area contributed by atoms with E-state index in [1.165, 1.54) is 12.1 Å². The molecule has 0 atom stereocenters. The Morgan fingerprint density at radius 1 is 1.09 bits per heavy atom. The number of aromatic nitrogens is 4. The first-order chi connectivity index (χ1) is 17.2. The smallest absolute Gasteiger partial charge is 0.251 e. The number of benzene rings is 2. The molecule has 1 saturated heterocycles. The maximum absolute atomic E-state index is 13.6. The summed E-state index contributed by atoms with van der Waals surface area (Å²) in [6.07, 6.45) is 5.06. The molecule has 8 nitrogen and oxygen atoms in total. The van der Waals surface area contributed by atoms with Crippen LogP contribution in [0.4, 0.5) is 4.39 Å². The van der Waals surface area contributed by atoms with Crippen molar-refractivity contribution >= 4 is 16.9 Å². The number of aromatic amines is 1. The summed E-state index contributed by atoms with van der Waals surface area (Å²) < 4.78 is 19.0. The Bertz CT molecular complexity index is 1290. The highest BCUT2D eigenvalue weighted by molar-refractivity contribution is 5.97. The maximum Gasteiger partial charge on any atom is 0.251 e. The number of nitrogens with zero attached hydrogens (tertiary/aromatic N) is 4. The Hall–Kier alpha value is -3.69. The summed E-state index contributed by atoms with van der Waals surface area (Å²) in [6.45, 7) is 4.18. The van der Waals surface area contributed by atoms with Crippen LogP contribution >= 0.6 is 0 Å². The van der Waals surface area contributed by atoms with Crippen LogP contribution < -0.4 is 5.32 Å². The number of morpholine rings is 1. The van der Waals surface area contributed by atoms with Crippen molar-refractivity contribution in [3.05, 3.63) is 77.8 Å². The van der Waals surface area contributed by atoms with Crippen LogP contribution in [0, 0.1) is 5.82 Å². The SMILES string of the molecule is O=C(NCCCc1ncc[nH]1)c1ccc2nc(CN3CCOCC3)c(-c3ccc(F)cc3)nc2c1. The van der Waals surface area contributed by atoms with Crippen molar-refractivity contribution in [2.24, 2.45) is 0 Å². The summed E-state index contributed by atoms with van der Waals surface area (Å²) >= 11 is 0. The minimum Gasteiger partial charge on any atom is -0.379 e. The summed E-state index contributed by atoms with van der Waals surface area (Å²) in [5.41, 5.74) is 4.17. The van der Waals surface area contributed by atoms with E-state index in [-0.39, 0.29) is 11.7 Å². The molecule has 1 aliphatic heterocycles. The third kappa shape index (κ3) is 5.70. The van der Waals surface area contributed by atoms with E-state index in [9.17, 15) is 9.18 Å². The van der Waals surface area contributed by atoms with Gasteiger partial charge in [-0.2, -0.15) is 0 Å². The Balaban J connectivity index is 1.38. The lowest BCUT2D eigenvalue weighted by Gasteiger charge is -2.26. The quantitative estimate of drug-likeness (QED) is 0.380. The number of carbonyl (C=O) groups is 1. The van der Waals surface area contributed by atoms with Crippen LogP contribution in [0.3, 0.4) is 0 Å². The van der Waals surface area contributed by atoms with Gasteiger partial charge in [0.15, 0.2) is 0 Å². The van der Waals surface area contributed by atoms with Gasteiger partial charge in [-0.1, -0.05) is 0 Å².